The molecule has 2 rings (SSSR count). The van der Waals surface area contributed by atoms with E-state index in [2.05, 4.69) is 39.3 Å². The fourth-order valence-electron chi connectivity index (χ4n) is 1.91. The number of rotatable bonds is 8. The molecule has 0 spiro atoms. The lowest BCUT2D eigenvalue weighted by atomic mass is 10.3. The normalized spacial score (nSPS) is 12.5. The van der Waals surface area contributed by atoms with Gasteiger partial charge in [-0.1, -0.05) is 6.07 Å². The molecule has 0 aromatic carbocycles. The van der Waals surface area contributed by atoms with Gasteiger partial charge >= 0.3 is 0 Å². The molecule has 5 heteroatoms. The lowest BCUT2D eigenvalue weighted by Gasteiger charge is -2.14. The highest BCUT2D eigenvalue weighted by Crippen LogP contribution is 2.22. The Morgan fingerprint density at radius 1 is 1.53 bits per heavy atom. The minimum Gasteiger partial charge on any atom is -0.382 e. The molecule has 0 fully saturated rings. The molecule has 1 N–H and O–H groups in total. The Hall–Kier alpha value is -1.33. The Bertz CT molecular complexity index is 467. The number of nitrogens with zero attached hydrogens (tertiary/aromatic N) is 2. The lowest BCUT2D eigenvalue weighted by Crippen LogP contribution is -2.11. The summed E-state index contributed by atoms with van der Waals surface area (Å²) >= 11 is 1.76. The summed E-state index contributed by atoms with van der Waals surface area (Å²) in [7, 11) is 0. The molecule has 2 aromatic heterocycles. The number of ether oxygens (including phenoxy) is 1. The van der Waals surface area contributed by atoms with Gasteiger partial charge in [0.2, 0.25) is 5.95 Å². The van der Waals surface area contributed by atoms with E-state index in [0.717, 1.165) is 32.1 Å². The van der Waals surface area contributed by atoms with Crippen LogP contribution in [0.4, 0.5) is 5.95 Å². The van der Waals surface area contributed by atoms with Gasteiger partial charge in [-0.15, -0.1) is 11.3 Å². The number of hydrogen-bond donors (Lipinski definition) is 1. The number of imidazole rings is 1. The fraction of sp³-hybridized carbons (Fsp3) is 0.500. The number of hydrogen-bond acceptors (Lipinski definition) is 4. The van der Waals surface area contributed by atoms with Crippen LogP contribution in [-0.4, -0.2) is 22.8 Å². The molecule has 0 aliphatic heterocycles. The van der Waals surface area contributed by atoms with Crippen LogP contribution >= 0.6 is 11.3 Å². The van der Waals surface area contributed by atoms with Gasteiger partial charge in [0.1, 0.15) is 0 Å². The number of aryl methyl sites for hydroxylation is 1. The lowest BCUT2D eigenvalue weighted by molar-refractivity contribution is 0.142. The van der Waals surface area contributed by atoms with Crippen molar-refractivity contribution in [3.63, 3.8) is 0 Å². The quantitative estimate of drug-likeness (QED) is 0.751. The average Bonchev–Trinajstić information content (AvgIpc) is 3.06. The second-order valence-electron chi connectivity index (χ2n) is 4.38. The Morgan fingerprint density at radius 2 is 2.42 bits per heavy atom. The zero-order valence-electron chi connectivity index (χ0n) is 11.5. The molecule has 4 nitrogen and oxygen atoms in total. The van der Waals surface area contributed by atoms with Crippen molar-refractivity contribution in [2.24, 2.45) is 0 Å². The Labute approximate surface area is 118 Å². The second kappa shape index (κ2) is 7.31. The van der Waals surface area contributed by atoms with Gasteiger partial charge in [0.05, 0.1) is 6.04 Å². The maximum absolute atomic E-state index is 5.36. The molecule has 0 aliphatic rings. The minimum atomic E-state index is 0.285. The van der Waals surface area contributed by atoms with Crippen molar-refractivity contribution < 1.29 is 4.74 Å². The van der Waals surface area contributed by atoms with Gasteiger partial charge in [0, 0.05) is 37.0 Å². The van der Waals surface area contributed by atoms with E-state index < -0.39 is 0 Å². The minimum absolute atomic E-state index is 0.285. The summed E-state index contributed by atoms with van der Waals surface area (Å²) in [5.74, 6) is 0.928. The van der Waals surface area contributed by atoms with Crippen molar-refractivity contribution >= 4 is 17.3 Å². The number of thiophene rings is 1. The number of anilines is 1. The van der Waals surface area contributed by atoms with Gasteiger partial charge in [-0.3, -0.25) is 0 Å². The van der Waals surface area contributed by atoms with E-state index in [-0.39, 0.29) is 6.04 Å². The zero-order chi connectivity index (χ0) is 13.5. The zero-order valence-corrected chi connectivity index (χ0v) is 12.3. The summed E-state index contributed by atoms with van der Waals surface area (Å²) in [5.41, 5.74) is 0. The maximum Gasteiger partial charge on any atom is 0.203 e. The van der Waals surface area contributed by atoms with Gasteiger partial charge in [-0.2, -0.15) is 0 Å². The van der Waals surface area contributed by atoms with Gasteiger partial charge in [0.15, 0.2) is 0 Å². The SMILES string of the molecule is CCOCCCn1ccnc1NC(C)c1cccs1. The van der Waals surface area contributed by atoms with Crippen LogP contribution in [0.2, 0.25) is 0 Å². The van der Waals surface area contributed by atoms with Crippen molar-refractivity contribution in [3.05, 3.63) is 34.8 Å². The van der Waals surface area contributed by atoms with Gasteiger partial charge in [-0.05, 0) is 31.7 Å². The van der Waals surface area contributed by atoms with Crippen molar-refractivity contribution in [1.82, 2.24) is 9.55 Å². The molecule has 0 amide bonds. The first kappa shape index (κ1) is 14.1. The van der Waals surface area contributed by atoms with Gasteiger partial charge < -0.3 is 14.6 Å². The first-order valence-corrected chi connectivity index (χ1v) is 7.58. The van der Waals surface area contributed by atoms with E-state index in [1.165, 1.54) is 4.88 Å². The molecule has 0 saturated carbocycles. The standard InChI is InChI=1S/C14H21N3OS/c1-3-18-10-5-8-17-9-7-15-14(17)16-12(2)13-6-4-11-19-13/h4,6-7,9,11-12H,3,5,8,10H2,1-2H3,(H,15,16). The largest absolute Gasteiger partial charge is 0.382 e. The highest BCUT2D eigenvalue weighted by Gasteiger charge is 2.09. The molecule has 1 atom stereocenters. The van der Waals surface area contributed by atoms with Crippen LogP contribution in [0.1, 0.15) is 31.2 Å². The molecule has 0 bridgehead atoms. The first-order valence-electron chi connectivity index (χ1n) is 6.70. The molecule has 1 unspecified atom stereocenters. The summed E-state index contributed by atoms with van der Waals surface area (Å²) < 4.78 is 7.50. The van der Waals surface area contributed by atoms with Crippen molar-refractivity contribution in [2.45, 2.75) is 32.9 Å². The molecule has 0 aliphatic carbocycles. The molecule has 2 heterocycles. The van der Waals surface area contributed by atoms with Crippen LogP contribution < -0.4 is 5.32 Å². The van der Waals surface area contributed by atoms with E-state index in [9.17, 15) is 0 Å². The van der Waals surface area contributed by atoms with E-state index in [4.69, 9.17) is 4.74 Å². The van der Waals surface area contributed by atoms with E-state index in [1.807, 2.05) is 19.3 Å². The Kier molecular flexibility index (Phi) is 5.42. The van der Waals surface area contributed by atoms with Crippen molar-refractivity contribution in [3.8, 4) is 0 Å². The number of aromatic nitrogens is 2. The summed E-state index contributed by atoms with van der Waals surface area (Å²) in [6, 6.07) is 4.50. The number of nitrogens with one attached hydrogen (secondary N) is 1. The van der Waals surface area contributed by atoms with Crippen molar-refractivity contribution in [2.75, 3.05) is 18.5 Å². The first-order chi connectivity index (χ1) is 9.31. The van der Waals surface area contributed by atoms with E-state index in [0.29, 0.717) is 0 Å². The summed E-state index contributed by atoms with van der Waals surface area (Å²) in [5, 5.41) is 5.55. The monoisotopic (exact) mass is 279 g/mol. The van der Waals surface area contributed by atoms with E-state index in [1.54, 1.807) is 11.3 Å². The highest BCUT2D eigenvalue weighted by atomic mass is 32.1. The molecular weight excluding hydrogens is 258 g/mol. The Balaban J connectivity index is 1.88. The highest BCUT2D eigenvalue weighted by molar-refractivity contribution is 7.10. The van der Waals surface area contributed by atoms with Crippen LogP contribution in [0.5, 0.6) is 0 Å². The molecule has 19 heavy (non-hydrogen) atoms. The second-order valence-corrected chi connectivity index (χ2v) is 5.36. The third kappa shape index (κ3) is 4.08. The van der Waals surface area contributed by atoms with Crippen LogP contribution in [0, 0.1) is 0 Å². The summed E-state index contributed by atoms with van der Waals surface area (Å²) in [4.78, 5) is 5.70. The predicted octanol–water partition coefficient (Wildman–Crippen LogP) is 3.54. The summed E-state index contributed by atoms with van der Waals surface area (Å²) in [6.07, 6.45) is 4.85. The van der Waals surface area contributed by atoms with Gasteiger partial charge in [0.25, 0.3) is 0 Å². The Morgan fingerprint density at radius 3 is 3.16 bits per heavy atom. The fourth-order valence-corrected chi connectivity index (χ4v) is 2.65. The average molecular weight is 279 g/mol. The van der Waals surface area contributed by atoms with E-state index >= 15 is 0 Å². The predicted molar refractivity (Wildman–Crippen MR) is 79.7 cm³/mol. The van der Waals surface area contributed by atoms with Crippen LogP contribution in [0.25, 0.3) is 0 Å². The van der Waals surface area contributed by atoms with Crippen LogP contribution in [-0.2, 0) is 11.3 Å². The smallest absolute Gasteiger partial charge is 0.203 e. The topological polar surface area (TPSA) is 39.1 Å². The third-order valence-corrected chi connectivity index (χ3v) is 3.98. The van der Waals surface area contributed by atoms with Gasteiger partial charge in [-0.25, -0.2) is 4.98 Å². The van der Waals surface area contributed by atoms with Crippen LogP contribution in [0.3, 0.4) is 0 Å². The molecular formula is C14H21N3OS. The van der Waals surface area contributed by atoms with Crippen molar-refractivity contribution in [1.29, 1.82) is 0 Å². The maximum atomic E-state index is 5.36. The van der Waals surface area contributed by atoms with Crippen LogP contribution in [0.15, 0.2) is 29.9 Å². The molecule has 0 radical (unpaired) electrons. The molecule has 0 saturated heterocycles. The molecule has 2 aromatic rings. The third-order valence-electron chi connectivity index (χ3n) is 2.92. The molecule has 104 valence electrons. The summed E-state index contributed by atoms with van der Waals surface area (Å²) in [6.45, 7) is 6.69.